The van der Waals surface area contributed by atoms with Gasteiger partial charge in [0.15, 0.2) is 11.5 Å². The molecule has 1 saturated heterocycles. The number of aliphatic hydroxyl groups is 1. The first kappa shape index (κ1) is 26.2. The van der Waals surface area contributed by atoms with Crippen molar-refractivity contribution in [3.63, 3.8) is 0 Å². The summed E-state index contributed by atoms with van der Waals surface area (Å²) in [7, 11) is 3.87. The van der Waals surface area contributed by atoms with Crippen molar-refractivity contribution < 1.29 is 28.6 Å². The lowest BCUT2D eigenvalue weighted by molar-refractivity contribution is -0.139. The molecule has 1 atom stereocenters. The molecular formula is C27H33FN2O5. The number of rotatable bonds is 11. The van der Waals surface area contributed by atoms with Gasteiger partial charge < -0.3 is 24.4 Å². The van der Waals surface area contributed by atoms with Crippen LogP contribution in [0.4, 0.5) is 4.39 Å². The summed E-state index contributed by atoms with van der Waals surface area (Å²) in [6.45, 7) is 5.84. The van der Waals surface area contributed by atoms with Gasteiger partial charge in [-0.3, -0.25) is 9.59 Å². The third-order valence-electron chi connectivity index (χ3n) is 5.71. The van der Waals surface area contributed by atoms with Crippen LogP contribution < -0.4 is 9.47 Å². The van der Waals surface area contributed by atoms with Crippen molar-refractivity contribution in [2.24, 2.45) is 0 Å². The zero-order valence-electron chi connectivity index (χ0n) is 20.7. The molecule has 1 aliphatic rings. The first-order chi connectivity index (χ1) is 16.8. The Hall–Kier alpha value is -3.39. The van der Waals surface area contributed by atoms with Gasteiger partial charge >= 0.3 is 0 Å². The molecule has 1 aliphatic heterocycles. The number of hydrogen-bond acceptors (Lipinski definition) is 6. The number of aliphatic hydroxyl groups excluding tert-OH is 1. The van der Waals surface area contributed by atoms with Crippen LogP contribution in [-0.4, -0.2) is 67.0 Å². The Morgan fingerprint density at radius 1 is 1.06 bits per heavy atom. The number of ketones is 1. The molecule has 1 unspecified atom stereocenters. The van der Waals surface area contributed by atoms with Crippen LogP contribution in [0.2, 0.25) is 0 Å². The van der Waals surface area contributed by atoms with Gasteiger partial charge in [-0.15, -0.1) is 0 Å². The lowest BCUT2D eigenvalue weighted by atomic mass is 9.95. The van der Waals surface area contributed by atoms with Gasteiger partial charge in [0, 0.05) is 12.1 Å². The van der Waals surface area contributed by atoms with Gasteiger partial charge in [-0.25, -0.2) is 4.39 Å². The summed E-state index contributed by atoms with van der Waals surface area (Å²) in [5, 5.41) is 11.1. The monoisotopic (exact) mass is 484 g/mol. The fourth-order valence-corrected chi connectivity index (χ4v) is 4.07. The van der Waals surface area contributed by atoms with Gasteiger partial charge in [-0.1, -0.05) is 13.0 Å². The molecule has 2 aromatic rings. The summed E-state index contributed by atoms with van der Waals surface area (Å²) in [5.41, 5.74) is 0.844. The Kier molecular flexibility index (Phi) is 8.87. The minimum absolute atomic E-state index is 0.0314. The molecule has 35 heavy (non-hydrogen) atoms. The van der Waals surface area contributed by atoms with E-state index in [1.165, 1.54) is 29.2 Å². The van der Waals surface area contributed by atoms with E-state index >= 15 is 0 Å². The molecule has 1 amide bonds. The van der Waals surface area contributed by atoms with E-state index in [1.54, 1.807) is 18.2 Å². The zero-order chi connectivity index (χ0) is 25.5. The second-order valence-corrected chi connectivity index (χ2v) is 8.64. The zero-order valence-corrected chi connectivity index (χ0v) is 20.7. The summed E-state index contributed by atoms with van der Waals surface area (Å²) >= 11 is 0. The van der Waals surface area contributed by atoms with Crippen molar-refractivity contribution in [3.05, 3.63) is 65.0 Å². The lowest BCUT2D eigenvalue weighted by Crippen LogP contribution is -2.32. The fourth-order valence-electron chi connectivity index (χ4n) is 4.07. The van der Waals surface area contributed by atoms with E-state index in [2.05, 4.69) is 0 Å². The van der Waals surface area contributed by atoms with Gasteiger partial charge in [0.25, 0.3) is 11.7 Å². The Labute approximate surface area is 205 Å². The van der Waals surface area contributed by atoms with Crippen LogP contribution in [0.1, 0.15) is 43.9 Å². The van der Waals surface area contributed by atoms with Crippen molar-refractivity contribution in [1.82, 2.24) is 9.80 Å². The van der Waals surface area contributed by atoms with E-state index < -0.39 is 23.5 Å². The smallest absolute Gasteiger partial charge is 0.295 e. The molecule has 0 saturated carbocycles. The summed E-state index contributed by atoms with van der Waals surface area (Å²) in [5.74, 6) is -1.19. The van der Waals surface area contributed by atoms with Gasteiger partial charge in [0.2, 0.25) is 0 Å². The maximum absolute atomic E-state index is 13.5. The molecule has 1 N–H and O–H groups in total. The number of amides is 1. The van der Waals surface area contributed by atoms with E-state index in [1.807, 2.05) is 32.8 Å². The van der Waals surface area contributed by atoms with E-state index in [9.17, 15) is 19.1 Å². The van der Waals surface area contributed by atoms with Gasteiger partial charge in [-0.05, 0) is 82.4 Å². The minimum atomic E-state index is -0.818. The number of ether oxygens (including phenoxy) is 2. The molecule has 2 aromatic carbocycles. The van der Waals surface area contributed by atoms with Crippen LogP contribution in [0.15, 0.2) is 48.0 Å². The molecule has 0 radical (unpaired) electrons. The quantitative estimate of drug-likeness (QED) is 0.290. The third-order valence-corrected chi connectivity index (χ3v) is 5.71. The number of halogens is 1. The number of carbonyl (C=O) groups excluding carboxylic acids is 2. The van der Waals surface area contributed by atoms with Crippen molar-refractivity contribution in [1.29, 1.82) is 0 Å². The summed E-state index contributed by atoms with van der Waals surface area (Å²) < 4.78 is 25.0. The minimum Gasteiger partial charge on any atom is -0.507 e. The van der Waals surface area contributed by atoms with E-state index in [4.69, 9.17) is 9.47 Å². The molecule has 1 fully saturated rings. The average Bonchev–Trinajstić information content (AvgIpc) is 3.08. The Balaban J connectivity index is 2.12. The summed E-state index contributed by atoms with van der Waals surface area (Å²) in [6.07, 6.45) is 1.47. The first-order valence-corrected chi connectivity index (χ1v) is 11.9. The summed E-state index contributed by atoms with van der Waals surface area (Å²) in [4.78, 5) is 29.7. The third kappa shape index (κ3) is 6.00. The first-order valence-electron chi connectivity index (χ1n) is 11.9. The van der Waals surface area contributed by atoms with Gasteiger partial charge in [-0.2, -0.15) is 0 Å². The lowest BCUT2D eigenvalue weighted by Gasteiger charge is -2.26. The Morgan fingerprint density at radius 2 is 1.77 bits per heavy atom. The van der Waals surface area contributed by atoms with Crippen LogP contribution in [0.3, 0.4) is 0 Å². The molecule has 1 heterocycles. The predicted octanol–water partition coefficient (Wildman–Crippen LogP) is 4.39. The highest BCUT2D eigenvalue weighted by Gasteiger charge is 2.46. The van der Waals surface area contributed by atoms with E-state index in [0.29, 0.717) is 43.2 Å². The Morgan fingerprint density at radius 3 is 2.40 bits per heavy atom. The fraction of sp³-hybridized carbons (Fsp3) is 0.407. The summed E-state index contributed by atoms with van der Waals surface area (Å²) in [6, 6.07) is 9.63. The highest BCUT2D eigenvalue weighted by atomic mass is 19.1. The highest BCUT2D eigenvalue weighted by molar-refractivity contribution is 6.46. The molecule has 188 valence electrons. The molecule has 8 heteroatoms. The molecule has 0 aliphatic carbocycles. The van der Waals surface area contributed by atoms with Crippen molar-refractivity contribution >= 4 is 17.4 Å². The topological polar surface area (TPSA) is 79.3 Å². The maximum atomic E-state index is 13.5. The van der Waals surface area contributed by atoms with Crippen LogP contribution in [0, 0.1) is 5.82 Å². The van der Waals surface area contributed by atoms with E-state index in [0.717, 1.165) is 13.0 Å². The van der Waals surface area contributed by atoms with Crippen LogP contribution in [-0.2, 0) is 9.59 Å². The molecule has 7 nitrogen and oxygen atoms in total. The molecule has 0 spiro atoms. The second-order valence-electron chi connectivity index (χ2n) is 8.64. The van der Waals surface area contributed by atoms with E-state index in [-0.39, 0.29) is 16.9 Å². The molecule has 3 rings (SSSR count). The van der Waals surface area contributed by atoms with Gasteiger partial charge in [0.05, 0.1) is 24.8 Å². The largest absolute Gasteiger partial charge is 0.507 e. The van der Waals surface area contributed by atoms with Crippen molar-refractivity contribution in [2.45, 2.75) is 32.7 Å². The SMILES string of the molecule is CCCOc1ccc(C2/C(=C(/O)c3ccc(F)cc3)C(=O)C(=O)N2CCCN(C)C)cc1OCC. The average molecular weight is 485 g/mol. The number of carbonyl (C=O) groups is 2. The van der Waals surface area contributed by atoms with Crippen molar-refractivity contribution in [2.75, 3.05) is 40.4 Å². The normalized spacial score (nSPS) is 17.3. The number of likely N-dealkylation sites (tertiary alicyclic amines) is 1. The number of Topliss-reactive ketones (excluding diaryl/α,β-unsaturated/α-hetero) is 1. The predicted molar refractivity (Wildman–Crippen MR) is 132 cm³/mol. The van der Waals surface area contributed by atoms with Gasteiger partial charge in [0.1, 0.15) is 11.6 Å². The maximum Gasteiger partial charge on any atom is 0.295 e. The number of hydrogen-bond donors (Lipinski definition) is 1. The molecule has 0 aromatic heterocycles. The molecule has 0 bridgehead atoms. The van der Waals surface area contributed by atoms with Crippen molar-refractivity contribution in [3.8, 4) is 11.5 Å². The molecular weight excluding hydrogens is 451 g/mol. The van der Waals surface area contributed by atoms with Crippen LogP contribution >= 0.6 is 0 Å². The number of benzene rings is 2. The highest BCUT2D eigenvalue weighted by Crippen LogP contribution is 2.42. The second kappa shape index (κ2) is 11.8. The van der Waals surface area contributed by atoms with Crippen LogP contribution in [0.5, 0.6) is 11.5 Å². The van der Waals surface area contributed by atoms with Crippen LogP contribution in [0.25, 0.3) is 5.76 Å². The number of nitrogens with zero attached hydrogens (tertiary/aromatic N) is 2. The standard InChI is InChI=1S/C27H33FN2O5/c1-5-16-35-21-13-10-19(17-22(21)34-6-2)24-23(25(31)18-8-11-20(28)12-9-18)26(32)27(33)30(24)15-7-14-29(3)4/h8-13,17,24,31H,5-7,14-16H2,1-4H3/b25-23-. The Bertz CT molecular complexity index is 1080.